The number of fused-ring (bicyclic) bond motifs is 6. The lowest BCUT2D eigenvalue weighted by atomic mass is 9.47. The van der Waals surface area contributed by atoms with Crippen molar-refractivity contribution in [3.8, 4) is 0 Å². The van der Waals surface area contributed by atoms with Gasteiger partial charge in [-0.15, -0.1) is 0 Å². The molecule has 7 heteroatoms. The summed E-state index contributed by atoms with van der Waals surface area (Å²) in [6.45, 7) is 14.7. The van der Waals surface area contributed by atoms with Gasteiger partial charge in [0.2, 0.25) is 0 Å². The van der Waals surface area contributed by atoms with Crippen LogP contribution in [0.3, 0.4) is 0 Å². The molecule has 2 aliphatic heterocycles. The van der Waals surface area contributed by atoms with Crippen LogP contribution in [-0.2, 0) is 39.8 Å². The van der Waals surface area contributed by atoms with Crippen LogP contribution < -0.4 is 0 Å². The Bertz CT molecular complexity index is 1640. The average Bonchev–Trinajstić information content (AvgIpc) is 3.55. The Balaban J connectivity index is 0.975. The Morgan fingerprint density at radius 3 is 2.39 bits per heavy atom. The van der Waals surface area contributed by atoms with Crippen LogP contribution in [0.5, 0.6) is 0 Å². The molecule has 0 spiro atoms. The molecule has 0 N–H and O–H groups in total. The van der Waals surface area contributed by atoms with Crippen LogP contribution in [-0.4, -0.2) is 49.4 Å². The van der Waals surface area contributed by atoms with Gasteiger partial charge in [0, 0.05) is 12.5 Å². The zero-order valence-electron chi connectivity index (χ0n) is 34.9. The van der Waals surface area contributed by atoms with Gasteiger partial charge in [-0.3, -0.25) is 4.79 Å². The summed E-state index contributed by atoms with van der Waals surface area (Å²) in [6, 6.07) is 20.0. The summed E-state index contributed by atoms with van der Waals surface area (Å²) < 4.78 is 39.3. The average molecular weight is 769 g/mol. The maximum Gasteiger partial charge on any atom is 0.303 e. The molecular formula is C49H68O7. The second kappa shape index (κ2) is 17.0. The standard InChI is InChI=1S/C49H68O7/c1-31(2)14-13-15-32(3)39-22-23-40-38-21-20-36-28-37(24-26-48(36,5)41(38)25-27-49(39,40)6)54-47-45(53-33(4)50)44(51-29-34-16-9-7-10-17-34)43-42(55-47)30-52-46(56-43)35-18-11-8-12-19-35/h7-12,16-20,31-32,37-47H,13-15,21-30H2,1-6H3/t32-,37+,38+,39-,40+,41+,42-,43-,44+,45-,46-,47-,48+,49-/m1/s1. The molecule has 5 fully saturated rings. The number of carbonyl (C=O) groups excluding carboxylic acids is 1. The molecule has 56 heavy (non-hydrogen) atoms. The first-order valence-corrected chi connectivity index (χ1v) is 22.2. The van der Waals surface area contributed by atoms with Gasteiger partial charge >= 0.3 is 5.97 Å². The minimum Gasteiger partial charge on any atom is -0.454 e. The summed E-state index contributed by atoms with van der Waals surface area (Å²) in [4.78, 5) is 12.7. The minimum absolute atomic E-state index is 0.0424. The normalized spacial score (nSPS) is 39.8. The van der Waals surface area contributed by atoms with Gasteiger partial charge in [0.1, 0.15) is 18.3 Å². The van der Waals surface area contributed by atoms with E-state index in [9.17, 15) is 4.79 Å². The zero-order chi connectivity index (χ0) is 39.0. The quantitative estimate of drug-likeness (QED) is 0.157. The summed E-state index contributed by atoms with van der Waals surface area (Å²) in [7, 11) is 0. The molecular weight excluding hydrogens is 701 g/mol. The number of benzene rings is 2. The second-order valence-corrected chi connectivity index (χ2v) is 19.3. The lowest BCUT2D eigenvalue weighted by Crippen LogP contribution is -2.64. The Labute approximate surface area is 336 Å². The first kappa shape index (κ1) is 40.2. The largest absolute Gasteiger partial charge is 0.454 e. The Morgan fingerprint density at radius 1 is 0.875 bits per heavy atom. The molecule has 2 aromatic rings. The van der Waals surface area contributed by atoms with Crippen molar-refractivity contribution in [3.05, 3.63) is 83.4 Å². The SMILES string of the molecule is CC(=O)O[C@H]1[C@H](O[C@H]2CC[C@@]3(C)C(=CC[C@H]4[C@@H]5CC[C@H]([C@H](C)CCCC(C)C)[C@@]5(C)CC[C@@H]43)C2)O[C@@H]2CO[C@@H](c3ccccc3)O[C@H]2[C@@H]1OCc1ccccc1. The van der Waals surface area contributed by atoms with E-state index in [1.807, 2.05) is 60.7 Å². The third-order valence-corrected chi connectivity index (χ3v) is 15.5. The van der Waals surface area contributed by atoms with Crippen LogP contribution in [0.25, 0.3) is 0 Å². The van der Waals surface area contributed by atoms with Crippen molar-refractivity contribution in [2.24, 2.45) is 46.3 Å². The molecule has 3 saturated carbocycles. The molecule has 2 heterocycles. The summed E-state index contributed by atoms with van der Waals surface area (Å²) >= 11 is 0. The number of carbonyl (C=O) groups is 1. The van der Waals surface area contributed by atoms with Gasteiger partial charge in [0.05, 0.1) is 19.3 Å². The maximum absolute atomic E-state index is 12.7. The highest BCUT2D eigenvalue weighted by atomic mass is 16.8. The van der Waals surface area contributed by atoms with Crippen molar-refractivity contribution in [1.29, 1.82) is 0 Å². The first-order chi connectivity index (χ1) is 27.0. The zero-order valence-corrected chi connectivity index (χ0v) is 34.9. The summed E-state index contributed by atoms with van der Waals surface area (Å²) in [5.74, 6) is 4.46. The molecule has 7 nitrogen and oxygen atoms in total. The maximum atomic E-state index is 12.7. The summed E-state index contributed by atoms with van der Waals surface area (Å²) in [6.07, 6.45) is 12.6. The van der Waals surface area contributed by atoms with Gasteiger partial charge in [-0.1, -0.05) is 126 Å². The van der Waals surface area contributed by atoms with E-state index in [2.05, 4.69) is 40.7 Å². The predicted octanol–water partition coefficient (Wildman–Crippen LogP) is 10.8. The van der Waals surface area contributed by atoms with Crippen LogP contribution in [0.2, 0.25) is 0 Å². The van der Waals surface area contributed by atoms with Crippen molar-refractivity contribution in [3.63, 3.8) is 0 Å². The van der Waals surface area contributed by atoms with Gasteiger partial charge < -0.3 is 28.4 Å². The molecule has 0 unspecified atom stereocenters. The van der Waals surface area contributed by atoms with Gasteiger partial charge in [0.15, 0.2) is 18.7 Å². The van der Waals surface area contributed by atoms with Gasteiger partial charge in [-0.2, -0.15) is 0 Å². The molecule has 4 aliphatic carbocycles. The molecule has 0 radical (unpaired) electrons. The topological polar surface area (TPSA) is 72.5 Å². The number of hydrogen-bond donors (Lipinski definition) is 0. The number of rotatable bonds is 12. The molecule has 2 aromatic carbocycles. The van der Waals surface area contributed by atoms with Crippen molar-refractivity contribution in [2.45, 2.75) is 162 Å². The third kappa shape index (κ3) is 8.06. The van der Waals surface area contributed by atoms with E-state index in [-0.39, 0.29) is 11.5 Å². The molecule has 306 valence electrons. The van der Waals surface area contributed by atoms with E-state index >= 15 is 0 Å². The van der Waals surface area contributed by atoms with E-state index in [0.717, 1.165) is 65.9 Å². The minimum atomic E-state index is -0.805. The first-order valence-electron chi connectivity index (χ1n) is 22.2. The third-order valence-electron chi connectivity index (χ3n) is 15.5. The monoisotopic (exact) mass is 768 g/mol. The van der Waals surface area contributed by atoms with E-state index < -0.39 is 43.0 Å². The summed E-state index contributed by atoms with van der Waals surface area (Å²) in [5, 5.41) is 0. The number of esters is 1. The fraction of sp³-hybridized carbons (Fsp3) is 0.694. The number of allylic oxidation sites excluding steroid dienone is 1. The lowest BCUT2D eigenvalue weighted by Gasteiger charge is -2.58. The highest BCUT2D eigenvalue weighted by Gasteiger charge is 2.60. The molecule has 0 aromatic heterocycles. The predicted molar refractivity (Wildman–Crippen MR) is 217 cm³/mol. The van der Waals surface area contributed by atoms with Crippen molar-refractivity contribution in [1.82, 2.24) is 0 Å². The van der Waals surface area contributed by atoms with Crippen molar-refractivity contribution in [2.75, 3.05) is 6.61 Å². The van der Waals surface area contributed by atoms with Gasteiger partial charge in [-0.25, -0.2) is 0 Å². The Morgan fingerprint density at radius 2 is 1.64 bits per heavy atom. The van der Waals surface area contributed by atoms with E-state index in [1.54, 1.807) is 5.57 Å². The van der Waals surface area contributed by atoms with Crippen molar-refractivity contribution < 1.29 is 33.2 Å². The molecule has 2 saturated heterocycles. The van der Waals surface area contributed by atoms with Crippen LogP contribution >= 0.6 is 0 Å². The fourth-order valence-electron chi connectivity index (χ4n) is 12.7. The fourth-order valence-corrected chi connectivity index (χ4v) is 12.7. The number of hydrogen-bond acceptors (Lipinski definition) is 7. The Kier molecular flexibility index (Phi) is 12.2. The lowest BCUT2D eigenvalue weighted by molar-refractivity contribution is -0.372. The molecule has 6 aliphatic rings. The van der Waals surface area contributed by atoms with Gasteiger partial charge in [0.25, 0.3) is 0 Å². The van der Waals surface area contributed by atoms with E-state index in [1.165, 1.54) is 58.3 Å². The van der Waals surface area contributed by atoms with Gasteiger partial charge in [-0.05, 0) is 103 Å². The summed E-state index contributed by atoms with van der Waals surface area (Å²) in [5.41, 5.74) is 4.21. The molecule has 0 amide bonds. The highest BCUT2D eigenvalue weighted by Crippen LogP contribution is 2.67. The van der Waals surface area contributed by atoms with E-state index in [4.69, 9.17) is 28.4 Å². The number of ether oxygens (including phenoxy) is 6. The van der Waals surface area contributed by atoms with Crippen LogP contribution in [0.15, 0.2) is 72.3 Å². The molecule has 14 atom stereocenters. The van der Waals surface area contributed by atoms with Crippen LogP contribution in [0.4, 0.5) is 0 Å². The highest BCUT2D eigenvalue weighted by molar-refractivity contribution is 5.66. The van der Waals surface area contributed by atoms with Crippen LogP contribution in [0.1, 0.15) is 130 Å². The van der Waals surface area contributed by atoms with Crippen LogP contribution in [0, 0.1) is 46.3 Å². The van der Waals surface area contributed by atoms with E-state index in [0.29, 0.717) is 18.6 Å². The smallest absolute Gasteiger partial charge is 0.303 e. The second-order valence-electron chi connectivity index (χ2n) is 19.3. The van der Waals surface area contributed by atoms with Crippen molar-refractivity contribution >= 4 is 5.97 Å². The Hall–Kier alpha value is -2.55. The molecule has 8 rings (SSSR count). The molecule has 0 bridgehead atoms.